The van der Waals surface area contributed by atoms with Crippen LogP contribution in [0.15, 0.2) is 76.1 Å². The molecule has 0 fully saturated rings. The Morgan fingerprint density at radius 3 is 2.61 bits per heavy atom. The minimum absolute atomic E-state index is 0.223. The number of rotatable bonds is 9. The molecule has 0 saturated carbocycles. The third kappa shape index (κ3) is 5.15. The first kappa shape index (κ1) is 25.5. The van der Waals surface area contributed by atoms with Crippen LogP contribution < -0.4 is 5.56 Å². The Bertz CT molecular complexity index is 1590. The van der Waals surface area contributed by atoms with Gasteiger partial charge in [-0.2, -0.15) is 0 Å². The number of hydrogen-bond acceptors (Lipinski definition) is 6. The van der Waals surface area contributed by atoms with E-state index in [2.05, 4.69) is 46.2 Å². The van der Waals surface area contributed by atoms with Crippen LogP contribution in [0.25, 0.3) is 10.9 Å². The van der Waals surface area contributed by atoms with Crippen molar-refractivity contribution < 1.29 is 8.81 Å². The summed E-state index contributed by atoms with van der Waals surface area (Å²) in [5, 5.41) is 13.8. The van der Waals surface area contributed by atoms with Gasteiger partial charge in [0.15, 0.2) is 5.82 Å². The maximum Gasteiger partial charge on any atom is 0.253 e. The van der Waals surface area contributed by atoms with Gasteiger partial charge >= 0.3 is 0 Å². The first-order chi connectivity index (χ1) is 18.2. The highest BCUT2D eigenvalue weighted by molar-refractivity contribution is 5.79. The van der Waals surface area contributed by atoms with Gasteiger partial charge in [0.05, 0.1) is 18.3 Å². The second-order valence-electron chi connectivity index (χ2n) is 10.3. The van der Waals surface area contributed by atoms with Crippen LogP contribution in [0.1, 0.15) is 61.5 Å². The van der Waals surface area contributed by atoms with E-state index >= 15 is 0 Å². The molecule has 0 unspecified atom stereocenters. The van der Waals surface area contributed by atoms with Gasteiger partial charge in [0.1, 0.15) is 17.6 Å². The van der Waals surface area contributed by atoms with Crippen LogP contribution in [0.5, 0.6) is 0 Å². The standard InChI is InChI=1S/C29H31FN6O2/c1-5-29(3,4)36-27(32-33-34-36)26(24-16-21-15-19(2)8-13-25(21)31-28(24)37)35(18-23-7-6-14-38-23)17-20-9-11-22(30)12-10-20/h6-16,26H,5,17-18H2,1-4H3,(H,31,37)/t26-/m1/s1. The Kier molecular flexibility index (Phi) is 6.94. The van der Waals surface area contributed by atoms with Gasteiger partial charge in [0.25, 0.3) is 5.56 Å². The number of pyridine rings is 1. The van der Waals surface area contributed by atoms with Crippen LogP contribution in [0.3, 0.4) is 0 Å². The molecule has 2 aromatic carbocycles. The highest BCUT2D eigenvalue weighted by atomic mass is 19.1. The van der Waals surface area contributed by atoms with E-state index in [9.17, 15) is 9.18 Å². The van der Waals surface area contributed by atoms with Gasteiger partial charge in [-0.3, -0.25) is 9.69 Å². The van der Waals surface area contributed by atoms with Crippen LogP contribution in [-0.2, 0) is 18.6 Å². The second kappa shape index (κ2) is 10.3. The molecule has 0 aliphatic rings. The summed E-state index contributed by atoms with van der Waals surface area (Å²) in [6, 6.07) is 17.3. The molecule has 1 N–H and O–H groups in total. The number of hydrogen-bond donors (Lipinski definition) is 1. The first-order valence-corrected chi connectivity index (χ1v) is 12.7. The minimum atomic E-state index is -0.625. The zero-order valence-corrected chi connectivity index (χ0v) is 22.0. The zero-order chi connectivity index (χ0) is 26.9. The van der Waals surface area contributed by atoms with Crippen LogP contribution in [0.2, 0.25) is 0 Å². The molecule has 9 heteroatoms. The molecule has 38 heavy (non-hydrogen) atoms. The maximum atomic E-state index is 13.7. The maximum absolute atomic E-state index is 13.7. The van der Waals surface area contributed by atoms with Gasteiger partial charge in [-0.15, -0.1) is 5.10 Å². The van der Waals surface area contributed by atoms with Crippen molar-refractivity contribution in [3.05, 3.63) is 111 Å². The second-order valence-corrected chi connectivity index (χ2v) is 10.3. The Hall–Kier alpha value is -4.11. The molecule has 0 saturated heterocycles. The van der Waals surface area contributed by atoms with Crippen molar-refractivity contribution in [3.8, 4) is 0 Å². The van der Waals surface area contributed by atoms with Crippen molar-refractivity contribution in [2.45, 2.75) is 58.8 Å². The predicted molar refractivity (Wildman–Crippen MR) is 143 cm³/mol. The fourth-order valence-electron chi connectivity index (χ4n) is 4.66. The smallest absolute Gasteiger partial charge is 0.253 e. The summed E-state index contributed by atoms with van der Waals surface area (Å²) in [7, 11) is 0. The molecule has 0 radical (unpaired) electrons. The number of nitrogens with zero attached hydrogens (tertiary/aromatic N) is 5. The molecule has 0 aliphatic carbocycles. The number of benzene rings is 2. The molecule has 0 spiro atoms. The average Bonchev–Trinajstić information content (AvgIpc) is 3.59. The van der Waals surface area contributed by atoms with Crippen LogP contribution in [0, 0.1) is 12.7 Å². The van der Waals surface area contributed by atoms with E-state index in [1.54, 1.807) is 23.1 Å². The summed E-state index contributed by atoms with van der Waals surface area (Å²) in [6.07, 6.45) is 2.40. The quantitative estimate of drug-likeness (QED) is 0.280. The topological polar surface area (TPSA) is 92.8 Å². The Labute approximate surface area is 220 Å². The molecule has 3 aromatic heterocycles. The van der Waals surface area contributed by atoms with Crippen molar-refractivity contribution in [2.75, 3.05) is 0 Å². The van der Waals surface area contributed by atoms with E-state index in [0.29, 0.717) is 24.5 Å². The molecule has 5 aromatic rings. The molecule has 0 aliphatic heterocycles. The third-order valence-electron chi connectivity index (χ3n) is 7.10. The fourth-order valence-corrected chi connectivity index (χ4v) is 4.66. The van der Waals surface area contributed by atoms with E-state index < -0.39 is 11.6 Å². The van der Waals surface area contributed by atoms with Crippen LogP contribution in [-0.4, -0.2) is 30.1 Å². The van der Waals surface area contributed by atoms with Crippen molar-refractivity contribution >= 4 is 10.9 Å². The summed E-state index contributed by atoms with van der Waals surface area (Å²) in [4.78, 5) is 18.8. The molecule has 5 rings (SSSR count). The monoisotopic (exact) mass is 514 g/mol. The molecule has 196 valence electrons. The number of H-pyrrole nitrogens is 1. The summed E-state index contributed by atoms with van der Waals surface area (Å²) in [5.41, 5.74) is 2.61. The lowest BCUT2D eigenvalue weighted by atomic mass is 9.98. The Morgan fingerprint density at radius 1 is 1.11 bits per heavy atom. The van der Waals surface area contributed by atoms with Gasteiger partial charge in [0.2, 0.25) is 0 Å². The number of aryl methyl sites for hydroxylation is 1. The normalized spacial score (nSPS) is 12.9. The van der Waals surface area contributed by atoms with Gasteiger partial charge in [0, 0.05) is 17.6 Å². The largest absolute Gasteiger partial charge is 0.468 e. The SMILES string of the molecule is CCC(C)(C)n1nnnc1[C@@H](c1cc2cc(C)ccc2[nH]c1=O)N(Cc1ccc(F)cc1)Cc1ccco1. The van der Waals surface area contributed by atoms with E-state index in [0.717, 1.165) is 34.2 Å². The molecule has 1 atom stereocenters. The number of aromatic nitrogens is 5. The van der Waals surface area contributed by atoms with E-state index in [1.807, 2.05) is 43.3 Å². The van der Waals surface area contributed by atoms with Crippen LogP contribution >= 0.6 is 0 Å². The summed E-state index contributed by atoms with van der Waals surface area (Å²) >= 11 is 0. The number of aromatic amines is 1. The Balaban J connectivity index is 1.73. The third-order valence-corrected chi connectivity index (χ3v) is 7.10. The number of tetrazole rings is 1. The van der Waals surface area contributed by atoms with Crippen molar-refractivity contribution in [2.24, 2.45) is 0 Å². The molecule has 0 amide bonds. The molecule has 0 bridgehead atoms. The molecule has 8 nitrogen and oxygen atoms in total. The summed E-state index contributed by atoms with van der Waals surface area (Å²) in [6.45, 7) is 8.99. The van der Waals surface area contributed by atoms with Gasteiger partial charge in [-0.1, -0.05) is 30.7 Å². The Morgan fingerprint density at radius 2 is 1.89 bits per heavy atom. The van der Waals surface area contributed by atoms with Gasteiger partial charge in [-0.05, 0) is 91.0 Å². The lowest BCUT2D eigenvalue weighted by molar-refractivity contribution is 0.168. The predicted octanol–water partition coefficient (Wildman–Crippen LogP) is 5.49. The lowest BCUT2D eigenvalue weighted by Crippen LogP contribution is -2.38. The van der Waals surface area contributed by atoms with Crippen LogP contribution in [0.4, 0.5) is 4.39 Å². The molecule has 3 heterocycles. The molecular weight excluding hydrogens is 483 g/mol. The van der Waals surface area contributed by atoms with Crippen molar-refractivity contribution in [3.63, 3.8) is 0 Å². The number of nitrogens with one attached hydrogen (secondary N) is 1. The number of halogens is 1. The molecular formula is C29H31FN6O2. The zero-order valence-electron chi connectivity index (χ0n) is 22.0. The minimum Gasteiger partial charge on any atom is -0.468 e. The van der Waals surface area contributed by atoms with E-state index in [1.165, 1.54) is 12.1 Å². The van der Waals surface area contributed by atoms with Crippen molar-refractivity contribution in [1.29, 1.82) is 0 Å². The van der Waals surface area contributed by atoms with E-state index in [-0.39, 0.29) is 11.4 Å². The fraction of sp³-hybridized carbons (Fsp3) is 0.310. The highest BCUT2D eigenvalue weighted by Gasteiger charge is 2.35. The van der Waals surface area contributed by atoms with Gasteiger partial charge < -0.3 is 9.40 Å². The number of fused-ring (bicyclic) bond motifs is 1. The number of furan rings is 1. The van der Waals surface area contributed by atoms with Crippen molar-refractivity contribution in [1.82, 2.24) is 30.1 Å². The average molecular weight is 515 g/mol. The highest BCUT2D eigenvalue weighted by Crippen LogP contribution is 2.33. The van der Waals surface area contributed by atoms with Gasteiger partial charge in [-0.25, -0.2) is 9.07 Å². The summed E-state index contributed by atoms with van der Waals surface area (Å²) < 4.78 is 21.2. The first-order valence-electron chi connectivity index (χ1n) is 12.7. The summed E-state index contributed by atoms with van der Waals surface area (Å²) in [5.74, 6) is 0.958. The van der Waals surface area contributed by atoms with E-state index in [4.69, 9.17) is 4.42 Å². The lowest BCUT2D eigenvalue weighted by Gasteiger charge is -2.33.